The van der Waals surface area contributed by atoms with Crippen molar-refractivity contribution >= 4 is 0 Å². The molecule has 0 spiro atoms. The zero-order chi connectivity index (χ0) is 10.7. The summed E-state index contributed by atoms with van der Waals surface area (Å²) >= 11 is 0. The van der Waals surface area contributed by atoms with Gasteiger partial charge in [0.2, 0.25) is 0 Å². The molecule has 1 N–H and O–H groups in total. The lowest BCUT2D eigenvalue weighted by atomic mass is 9.75. The van der Waals surface area contributed by atoms with E-state index >= 15 is 0 Å². The average molecular weight is 211 g/mol. The van der Waals surface area contributed by atoms with Crippen molar-refractivity contribution in [2.24, 2.45) is 11.3 Å². The molecule has 0 aromatic rings. The van der Waals surface area contributed by atoms with Gasteiger partial charge in [-0.05, 0) is 43.4 Å². The highest BCUT2D eigenvalue weighted by molar-refractivity contribution is 4.82. The summed E-state index contributed by atoms with van der Waals surface area (Å²) < 4.78 is 5.39. The van der Waals surface area contributed by atoms with Crippen LogP contribution in [0.1, 0.15) is 46.0 Å². The van der Waals surface area contributed by atoms with E-state index < -0.39 is 0 Å². The smallest absolute Gasteiger partial charge is 0.0507 e. The molecular weight excluding hydrogens is 186 g/mol. The third-order valence-corrected chi connectivity index (χ3v) is 4.06. The molecule has 1 aliphatic carbocycles. The molecule has 2 fully saturated rings. The van der Waals surface area contributed by atoms with Gasteiger partial charge in [0.25, 0.3) is 0 Å². The Hall–Kier alpha value is -0.0800. The van der Waals surface area contributed by atoms with Crippen molar-refractivity contribution in [3.05, 3.63) is 0 Å². The Labute approximate surface area is 93.8 Å². The topological polar surface area (TPSA) is 21.3 Å². The SMILES string of the molecule is CC1(C)CCC(NCC2CCOC2)CC1. The Morgan fingerprint density at radius 2 is 1.93 bits per heavy atom. The fraction of sp³-hybridized carbons (Fsp3) is 1.00. The summed E-state index contributed by atoms with van der Waals surface area (Å²) in [5.41, 5.74) is 0.592. The van der Waals surface area contributed by atoms with Crippen LogP contribution in [0.3, 0.4) is 0 Å². The zero-order valence-electron chi connectivity index (χ0n) is 10.2. The molecular formula is C13H25NO. The first-order valence-electron chi connectivity index (χ1n) is 6.47. The van der Waals surface area contributed by atoms with Crippen LogP contribution in [0.5, 0.6) is 0 Å². The minimum absolute atomic E-state index is 0.592. The third kappa shape index (κ3) is 3.46. The first-order chi connectivity index (χ1) is 7.16. The highest BCUT2D eigenvalue weighted by Crippen LogP contribution is 2.35. The van der Waals surface area contributed by atoms with E-state index in [0.717, 1.165) is 25.2 Å². The summed E-state index contributed by atoms with van der Waals surface area (Å²) in [4.78, 5) is 0. The second kappa shape index (κ2) is 4.84. The van der Waals surface area contributed by atoms with E-state index in [0.29, 0.717) is 5.41 Å². The molecule has 2 heteroatoms. The lowest BCUT2D eigenvalue weighted by Gasteiger charge is -2.35. The Bertz CT molecular complexity index is 187. The number of hydrogen-bond acceptors (Lipinski definition) is 2. The normalized spacial score (nSPS) is 32.0. The van der Waals surface area contributed by atoms with Crippen molar-refractivity contribution in [1.29, 1.82) is 0 Å². The number of rotatable bonds is 3. The summed E-state index contributed by atoms with van der Waals surface area (Å²) in [6.07, 6.45) is 6.74. The van der Waals surface area contributed by atoms with E-state index in [1.807, 2.05) is 0 Å². The fourth-order valence-electron chi connectivity index (χ4n) is 2.68. The molecule has 2 aliphatic rings. The number of hydrogen-bond donors (Lipinski definition) is 1. The van der Waals surface area contributed by atoms with Crippen LogP contribution < -0.4 is 5.32 Å². The Morgan fingerprint density at radius 1 is 1.20 bits per heavy atom. The summed E-state index contributed by atoms with van der Waals surface area (Å²) in [5.74, 6) is 0.778. The van der Waals surface area contributed by atoms with Crippen LogP contribution in [-0.2, 0) is 4.74 Å². The van der Waals surface area contributed by atoms with Crippen LogP contribution in [0.15, 0.2) is 0 Å². The van der Waals surface area contributed by atoms with Gasteiger partial charge in [0.15, 0.2) is 0 Å². The van der Waals surface area contributed by atoms with Gasteiger partial charge in [-0.2, -0.15) is 0 Å². The fourth-order valence-corrected chi connectivity index (χ4v) is 2.68. The molecule has 1 atom stereocenters. The van der Waals surface area contributed by atoms with Gasteiger partial charge >= 0.3 is 0 Å². The quantitative estimate of drug-likeness (QED) is 0.774. The van der Waals surface area contributed by atoms with E-state index in [-0.39, 0.29) is 0 Å². The monoisotopic (exact) mass is 211 g/mol. The molecule has 0 aromatic carbocycles. The summed E-state index contributed by atoms with van der Waals surface area (Å²) in [6, 6.07) is 0.777. The van der Waals surface area contributed by atoms with Gasteiger partial charge in [0, 0.05) is 19.2 Å². The van der Waals surface area contributed by atoms with Crippen LogP contribution >= 0.6 is 0 Å². The minimum atomic E-state index is 0.592. The highest BCUT2D eigenvalue weighted by Gasteiger charge is 2.27. The van der Waals surface area contributed by atoms with Crippen molar-refractivity contribution < 1.29 is 4.74 Å². The zero-order valence-corrected chi connectivity index (χ0v) is 10.2. The molecule has 0 amide bonds. The predicted octanol–water partition coefficient (Wildman–Crippen LogP) is 2.58. The van der Waals surface area contributed by atoms with Gasteiger partial charge in [-0.15, -0.1) is 0 Å². The van der Waals surface area contributed by atoms with E-state index in [4.69, 9.17) is 4.74 Å². The lowest BCUT2D eigenvalue weighted by Crippen LogP contribution is -2.38. The maximum atomic E-state index is 5.39. The third-order valence-electron chi connectivity index (χ3n) is 4.06. The predicted molar refractivity (Wildman–Crippen MR) is 63.0 cm³/mol. The van der Waals surface area contributed by atoms with Gasteiger partial charge in [-0.25, -0.2) is 0 Å². The van der Waals surface area contributed by atoms with Crippen LogP contribution in [0.2, 0.25) is 0 Å². The molecule has 1 heterocycles. The van der Waals surface area contributed by atoms with Gasteiger partial charge in [0.05, 0.1) is 6.61 Å². The molecule has 2 nitrogen and oxygen atoms in total. The molecule has 0 bridgehead atoms. The van der Waals surface area contributed by atoms with Crippen LogP contribution in [-0.4, -0.2) is 25.8 Å². The average Bonchev–Trinajstić information content (AvgIpc) is 2.69. The van der Waals surface area contributed by atoms with Crippen molar-refractivity contribution in [2.75, 3.05) is 19.8 Å². The van der Waals surface area contributed by atoms with E-state index in [2.05, 4.69) is 19.2 Å². The maximum Gasteiger partial charge on any atom is 0.0507 e. The molecule has 15 heavy (non-hydrogen) atoms. The van der Waals surface area contributed by atoms with Crippen molar-refractivity contribution in [1.82, 2.24) is 5.32 Å². The molecule has 2 rings (SSSR count). The van der Waals surface area contributed by atoms with Gasteiger partial charge in [-0.1, -0.05) is 13.8 Å². The second-order valence-electron chi connectivity index (χ2n) is 6.08. The summed E-state index contributed by atoms with van der Waals surface area (Å²) in [5, 5.41) is 3.72. The van der Waals surface area contributed by atoms with Crippen molar-refractivity contribution in [3.8, 4) is 0 Å². The molecule has 0 radical (unpaired) electrons. The van der Waals surface area contributed by atoms with Gasteiger partial charge in [-0.3, -0.25) is 0 Å². The summed E-state index contributed by atoms with van der Waals surface area (Å²) in [6.45, 7) is 7.92. The molecule has 1 saturated heterocycles. The van der Waals surface area contributed by atoms with Crippen LogP contribution in [0, 0.1) is 11.3 Å². The Kier molecular flexibility index (Phi) is 3.68. The van der Waals surface area contributed by atoms with E-state index in [1.54, 1.807) is 0 Å². The Balaban J connectivity index is 1.64. The lowest BCUT2D eigenvalue weighted by molar-refractivity contribution is 0.178. The highest BCUT2D eigenvalue weighted by atomic mass is 16.5. The number of ether oxygens (including phenoxy) is 1. The molecule has 1 unspecified atom stereocenters. The first-order valence-corrected chi connectivity index (χ1v) is 6.47. The van der Waals surface area contributed by atoms with Crippen LogP contribution in [0.4, 0.5) is 0 Å². The largest absolute Gasteiger partial charge is 0.381 e. The molecule has 1 aliphatic heterocycles. The van der Waals surface area contributed by atoms with Gasteiger partial charge in [0.1, 0.15) is 0 Å². The summed E-state index contributed by atoms with van der Waals surface area (Å²) in [7, 11) is 0. The van der Waals surface area contributed by atoms with E-state index in [1.165, 1.54) is 38.6 Å². The minimum Gasteiger partial charge on any atom is -0.381 e. The van der Waals surface area contributed by atoms with Crippen LogP contribution in [0.25, 0.3) is 0 Å². The van der Waals surface area contributed by atoms with Gasteiger partial charge < -0.3 is 10.1 Å². The molecule has 88 valence electrons. The van der Waals surface area contributed by atoms with E-state index in [9.17, 15) is 0 Å². The molecule has 0 aromatic heterocycles. The van der Waals surface area contributed by atoms with Crippen molar-refractivity contribution in [2.45, 2.75) is 52.0 Å². The molecule has 1 saturated carbocycles. The maximum absolute atomic E-state index is 5.39. The number of nitrogens with one attached hydrogen (secondary N) is 1. The first kappa shape index (κ1) is 11.4. The van der Waals surface area contributed by atoms with Crippen molar-refractivity contribution in [3.63, 3.8) is 0 Å². The standard InChI is InChI=1S/C13H25NO/c1-13(2)6-3-12(4-7-13)14-9-11-5-8-15-10-11/h11-12,14H,3-10H2,1-2H3. The second-order valence-corrected chi connectivity index (χ2v) is 6.08. The Morgan fingerprint density at radius 3 is 2.53 bits per heavy atom.